The standard InChI is InChI=1S/C17H21ClN4O2/c1-17(2,3)24-16(23)22-11-6-12(22)9-21(8-11)14-5-10(7-19)4-13(20)15(14)18/h4-5,11-12H,6,8-9,20H2,1-3H3. The van der Waals surface area contributed by atoms with Gasteiger partial charge in [-0.15, -0.1) is 0 Å². The Morgan fingerprint density at radius 3 is 2.54 bits per heavy atom. The number of benzene rings is 1. The van der Waals surface area contributed by atoms with Crippen LogP contribution >= 0.6 is 11.6 Å². The summed E-state index contributed by atoms with van der Waals surface area (Å²) in [4.78, 5) is 16.2. The molecule has 0 aromatic heterocycles. The summed E-state index contributed by atoms with van der Waals surface area (Å²) in [6, 6.07) is 5.62. The zero-order valence-corrected chi connectivity index (χ0v) is 14.8. The van der Waals surface area contributed by atoms with Crippen LogP contribution in [0.5, 0.6) is 0 Å². The Bertz CT molecular complexity index is 711. The van der Waals surface area contributed by atoms with Crippen LogP contribution in [0.25, 0.3) is 0 Å². The molecule has 0 saturated carbocycles. The molecule has 3 aliphatic rings. The molecular formula is C17H21ClN4O2. The van der Waals surface area contributed by atoms with Crippen molar-refractivity contribution in [3.8, 4) is 6.07 Å². The van der Waals surface area contributed by atoms with Crippen LogP contribution in [0, 0.1) is 11.3 Å². The monoisotopic (exact) mass is 348 g/mol. The third-order valence-electron chi connectivity index (χ3n) is 4.35. The fourth-order valence-corrected chi connectivity index (χ4v) is 3.57. The number of amides is 1. The largest absolute Gasteiger partial charge is 0.444 e. The van der Waals surface area contributed by atoms with Crippen molar-refractivity contribution < 1.29 is 9.53 Å². The Morgan fingerprint density at radius 1 is 1.38 bits per heavy atom. The zero-order chi connectivity index (χ0) is 17.6. The quantitative estimate of drug-likeness (QED) is 0.789. The van der Waals surface area contributed by atoms with Crippen LogP contribution in [0.2, 0.25) is 5.02 Å². The van der Waals surface area contributed by atoms with E-state index in [1.54, 1.807) is 12.1 Å². The van der Waals surface area contributed by atoms with Gasteiger partial charge in [0.2, 0.25) is 0 Å². The number of rotatable bonds is 1. The van der Waals surface area contributed by atoms with Crippen LogP contribution in [-0.4, -0.2) is 41.8 Å². The summed E-state index contributed by atoms with van der Waals surface area (Å²) in [5, 5.41) is 9.58. The highest BCUT2D eigenvalue weighted by Crippen LogP contribution is 2.40. The van der Waals surface area contributed by atoms with E-state index in [4.69, 9.17) is 27.3 Å². The van der Waals surface area contributed by atoms with Gasteiger partial charge < -0.3 is 15.4 Å². The molecule has 7 heteroatoms. The molecule has 3 fully saturated rings. The van der Waals surface area contributed by atoms with Crippen molar-refractivity contribution in [1.29, 1.82) is 5.26 Å². The first-order chi connectivity index (χ1) is 11.2. The number of nitrogens with zero attached hydrogens (tertiary/aromatic N) is 3. The lowest BCUT2D eigenvalue weighted by molar-refractivity contribution is -0.0379. The zero-order valence-electron chi connectivity index (χ0n) is 14.0. The third kappa shape index (κ3) is 2.96. The van der Waals surface area contributed by atoms with E-state index in [1.807, 2.05) is 25.7 Å². The first-order valence-electron chi connectivity index (χ1n) is 7.95. The molecule has 3 heterocycles. The van der Waals surface area contributed by atoms with E-state index in [-0.39, 0.29) is 18.2 Å². The minimum Gasteiger partial charge on any atom is -0.444 e. The van der Waals surface area contributed by atoms with Crippen molar-refractivity contribution in [1.82, 2.24) is 4.90 Å². The van der Waals surface area contributed by atoms with Crippen LogP contribution in [-0.2, 0) is 4.74 Å². The molecule has 2 unspecified atom stereocenters. The van der Waals surface area contributed by atoms with Crippen LogP contribution < -0.4 is 10.6 Å². The minimum absolute atomic E-state index is 0.0987. The summed E-state index contributed by atoms with van der Waals surface area (Å²) in [6.07, 6.45) is 0.695. The van der Waals surface area contributed by atoms with Crippen molar-refractivity contribution in [3.63, 3.8) is 0 Å². The Balaban J connectivity index is 1.76. The van der Waals surface area contributed by atoms with Crippen molar-refractivity contribution in [2.45, 2.75) is 44.9 Å². The number of anilines is 2. The number of carbonyl (C=O) groups is 1. The number of fused-ring (bicyclic) bond motifs is 2. The molecule has 0 radical (unpaired) electrons. The van der Waals surface area contributed by atoms with Gasteiger partial charge in [-0.2, -0.15) is 5.26 Å². The first kappa shape index (κ1) is 16.7. The van der Waals surface area contributed by atoms with Gasteiger partial charge in [-0.3, -0.25) is 4.90 Å². The van der Waals surface area contributed by atoms with Gasteiger partial charge in [0.05, 0.1) is 40.1 Å². The molecule has 1 aromatic carbocycles. The van der Waals surface area contributed by atoms with Crippen LogP contribution in [0.15, 0.2) is 12.1 Å². The molecule has 0 spiro atoms. The van der Waals surface area contributed by atoms with E-state index in [0.29, 0.717) is 29.4 Å². The van der Waals surface area contributed by atoms with Crippen LogP contribution in [0.3, 0.4) is 0 Å². The summed E-state index contributed by atoms with van der Waals surface area (Å²) in [5.74, 6) is 0. The van der Waals surface area contributed by atoms with Gasteiger partial charge in [0.15, 0.2) is 0 Å². The van der Waals surface area contributed by atoms with Crippen LogP contribution in [0.4, 0.5) is 16.2 Å². The molecule has 6 nitrogen and oxygen atoms in total. The second kappa shape index (κ2) is 5.75. The number of nitrogens with two attached hydrogens (primary N) is 1. The van der Waals surface area contributed by atoms with Gasteiger partial charge in [0, 0.05) is 13.1 Å². The molecular weight excluding hydrogens is 328 g/mol. The molecule has 0 aliphatic carbocycles. The van der Waals surface area contributed by atoms with Gasteiger partial charge in [-0.05, 0) is 39.3 Å². The Labute approximate surface area is 146 Å². The molecule has 2 N–H and O–H groups in total. The number of hydrogen-bond donors (Lipinski definition) is 1. The normalized spacial score (nSPS) is 22.6. The molecule has 2 bridgehead atoms. The molecule has 24 heavy (non-hydrogen) atoms. The third-order valence-corrected chi connectivity index (χ3v) is 4.76. The average molecular weight is 349 g/mol. The van der Waals surface area contributed by atoms with Gasteiger partial charge >= 0.3 is 6.09 Å². The minimum atomic E-state index is -0.500. The smallest absolute Gasteiger partial charge is 0.410 e. The predicted molar refractivity (Wildman–Crippen MR) is 93.1 cm³/mol. The number of carbonyl (C=O) groups excluding carboxylic acids is 1. The SMILES string of the molecule is CC(C)(C)OC(=O)N1C2CC1CN(c1cc(C#N)cc(N)c1Cl)C2. The average Bonchev–Trinajstić information content (AvgIpc) is 2.47. The van der Waals surface area contributed by atoms with Crippen molar-refractivity contribution in [2.75, 3.05) is 23.7 Å². The molecule has 1 amide bonds. The van der Waals surface area contributed by atoms with Crippen molar-refractivity contribution in [3.05, 3.63) is 22.7 Å². The topological polar surface area (TPSA) is 82.6 Å². The van der Waals surface area contributed by atoms with Crippen LogP contribution in [0.1, 0.15) is 32.8 Å². The van der Waals surface area contributed by atoms with E-state index in [0.717, 1.165) is 12.1 Å². The van der Waals surface area contributed by atoms with E-state index in [1.165, 1.54) is 0 Å². The maximum atomic E-state index is 12.3. The van der Waals surface area contributed by atoms with E-state index in [9.17, 15) is 4.79 Å². The number of nitriles is 1. The fourth-order valence-electron chi connectivity index (χ4n) is 3.34. The Hall–Kier alpha value is -2.13. The second-order valence-electron chi connectivity index (χ2n) is 7.35. The highest BCUT2D eigenvalue weighted by molar-refractivity contribution is 6.35. The lowest BCUT2D eigenvalue weighted by atomic mass is 9.87. The lowest BCUT2D eigenvalue weighted by Gasteiger charge is -2.56. The number of piperidine rings is 1. The Kier molecular flexibility index (Phi) is 4.00. The fraction of sp³-hybridized carbons (Fsp3) is 0.529. The molecule has 3 aliphatic heterocycles. The van der Waals surface area contributed by atoms with Crippen molar-refractivity contribution in [2.24, 2.45) is 0 Å². The lowest BCUT2D eigenvalue weighted by Crippen LogP contribution is -2.70. The van der Waals surface area contributed by atoms with E-state index in [2.05, 4.69) is 11.0 Å². The first-order valence-corrected chi connectivity index (χ1v) is 8.33. The number of ether oxygens (including phenoxy) is 1. The van der Waals surface area contributed by atoms with Gasteiger partial charge in [-0.25, -0.2) is 4.79 Å². The highest BCUT2D eigenvalue weighted by Gasteiger charge is 2.49. The summed E-state index contributed by atoms with van der Waals surface area (Å²) in [7, 11) is 0. The molecule has 4 rings (SSSR count). The Morgan fingerprint density at radius 2 is 2.00 bits per heavy atom. The predicted octanol–water partition coefficient (Wildman–Crippen LogP) is 2.99. The summed E-state index contributed by atoms with van der Waals surface area (Å²) >= 11 is 6.32. The second-order valence-corrected chi connectivity index (χ2v) is 7.72. The number of hydrogen-bond acceptors (Lipinski definition) is 5. The summed E-state index contributed by atoms with van der Waals surface area (Å²) < 4.78 is 5.48. The van der Waals surface area contributed by atoms with Gasteiger partial charge in [-0.1, -0.05) is 11.6 Å². The van der Waals surface area contributed by atoms with Crippen molar-refractivity contribution >= 4 is 29.1 Å². The van der Waals surface area contributed by atoms with Gasteiger partial charge in [0.25, 0.3) is 0 Å². The number of piperazine rings is 1. The van der Waals surface area contributed by atoms with E-state index < -0.39 is 5.60 Å². The molecule has 128 valence electrons. The maximum Gasteiger partial charge on any atom is 0.410 e. The number of nitrogen functional groups attached to an aromatic ring is 1. The summed E-state index contributed by atoms with van der Waals surface area (Å²) in [6.45, 7) is 6.90. The molecule has 1 aromatic rings. The maximum absolute atomic E-state index is 12.3. The summed E-state index contributed by atoms with van der Waals surface area (Å²) in [5.41, 5.74) is 7.03. The molecule has 3 saturated heterocycles. The van der Waals surface area contributed by atoms with Gasteiger partial charge in [0.1, 0.15) is 5.60 Å². The number of halogens is 1. The molecule has 2 atom stereocenters. The van der Waals surface area contributed by atoms with E-state index >= 15 is 0 Å². The highest BCUT2D eigenvalue weighted by atomic mass is 35.5.